The van der Waals surface area contributed by atoms with Crippen molar-refractivity contribution < 1.29 is 4.74 Å². The van der Waals surface area contributed by atoms with Gasteiger partial charge in [-0.1, -0.05) is 61.9 Å². The van der Waals surface area contributed by atoms with E-state index in [0.717, 1.165) is 24.8 Å². The number of benzene rings is 2. The van der Waals surface area contributed by atoms with Crippen LogP contribution in [0.4, 0.5) is 0 Å². The zero-order chi connectivity index (χ0) is 22.3. The van der Waals surface area contributed by atoms with Crippen molar-refractivity contribution in [1.82, 2.24) is 14.7 Å². The summed E-state index contributed by atoms with van der Waals surface area (Å²) in [7, 11) is 1.76. The van der Waals surface area contributed by atoms with E-state index in [4.69, 9.17) is 4.74 Å². The van der Waals surface area contributed by atoms with Crippen LogP contribution in [0.2, 0.25) is 0 Å². The van der Waals surface area contributed by atoms with Gasteiger partial charge in [0.2, 0.25) is 0 Å². The predicted molar refractivity (Wildman–Crippen MR) is 136 cm³/mol. The van der Waals surface area contributed by atoms with Gasteiger partial charge in [-0.25, -0.2) is 0 Å². The van der Waals surface area contributed by atoms with Crippen LogP contribution in [0.5, 0.6) is 0 Å². The average molecular weight is 434 g/mol. The Kier molecular flexibility index (Phi) is 8.01. The van der Waals surface area contributed by atoms with Crippen molar-refractivity contribution in [2.75, 3.05) is 53.0 Å². The van der Waals surface area contributed by atoms with Gasteiger partial charge in [0.1, 0.15) is 0 Å². The standard InChI is InChI=1S/C28H39N3O/c1-23(21-29-15-17-30(18-16-29)26-11-5-6-12-26)22-31(19-20-32-3)24(2)27-14-8-10-25-9-4-7-13-28(25)27/h4,7-10,13-14,22,26H,2,5-6,11-12,15-21H2,1,3H3/b23-22+. The monoisotopic (exact) mass is 433 g/mol. The summed E-state index contributed by atoms with van der Waals surface area (Å²) in [6, 6.07) is 15.9. The van der Waals surface area contributed by atoms with Crippen molar-refractivity contribution >= 4 is 16.5 Å². The molecule has 1 aliphatic heterocycles. The molecule has 2 aromatic carbocycles. The number of ether oxygens (including phenoxy) is 1. The SMILES string of the molecule is C=C(c1cccc2ccccc12)N(/C=C(\C)CN1CCN(C2CCCC2)CC1)CCOC. The lowest BCUT2D eigenvalue weighted by atomic mass is 10.0. The van der Waals surface area contributed by atoms with Gasteiger partial charge in [-0.15, -0.1) is 0 Å². The fourth-order valence-corrected chi connectivity index (χ4v) is 5.31. The Bertz CT molecular complexity index is 918. The first-order chi connectivity index (χ1) is 15.7. The summed E-state index contributed by atoms with van der Waals surface area (Å²) in [5.74, 6) is 0. The molecule has 0 spiro atoms. The molecule has 2 aliphatic rings. The number of nitrogens with zero attached hydrogens (tertiary/aromatic N) is 3. The quantitative estimate of drug-likeness (QED) is 0.539. The van der Waals surface area contributed by atoms with Gasteiger partial charge in [-0.3, -0.25) is 9.80 Å². The van der Waals surface area contributed by atoms with Gasteiger partial charge in [0.15, 0.2) is 0 Å². The van der Waals surface area contributed by atoms with Gasteiger partial charge < -0.3 is 9.64 Å². The van der Waals surface area contributed by atoms with Crippen molar-refractivity contribution in [2.24, 2.45) is 0 Å². The molecule has 1 heterocycles. The summed E-state index contributed by atoms with van der Waals surface area (Å²) in [5, 5.41) is 2.50. The zero-order valence-corrected chi connectivity index (χ0v) is 19.9. The Morgan fingerprint density at radius 2 is 1.78 bits per heavy atom. The molecule has 1 aliphatic carbocycles. The second kappa shape index (κ2) is 11.1. The normalized spacial score (nSPS) is 19.0. The molecule has 0 radical (unpaired) electrons. The van der Waals surface area contributed by atoms with Gasteiger partial charge in [0.25, 0.3) is 0 Å². The second-order valence-corrected chi connectivity index (χ2v) is 9.39. The van der Waals surface area contributed by atoms with Crippen LogP contribution < -0.4 is 0 Å². The average Bonchev–Trinajstić information content (AvgIpc) is 3.36. The van der Waals surface area contributed by atoms with Gasteiger partial charge >= 0.3 is 0 Å². The maximum absolute atomic E-state index is 5.41. The van der Waals surface area contributed by atoms with E-state index in [-0.39, 0.29) is 0 Å². The molecule has 2 aromatic rings. The molecule has 0 atom stereocenters. The first kappa shape index (κ1) is 23.0. The van der Waals surface area contributed by atoms with Crippen molar-refractivity contribution in [2.45, 2.75) is 38.6 Å². The van der Waals surface area contributed by atoms with Crippen LogP contribution in [0.3, 0.4) is 0 Å². The maximum Gasteiger partial charge on any atom is 0.0641 e. The van der Waals surface area contributed by atoms with Crippen LogP contribution in [0.15, 0.2) is 60.8 Å². The smallest absolute Gasteiger partial charge is 0.0641 e. The summed E-state index contributed by atoms with van der Waals surface area (Å²) in [4.78, 5) is 7.61. The van der Waals surface area contributed by atoms with Gasteiger partial charge in [-0.05, 0) is 36.1 Å². The molecule has 1 saturated carbocycles. The van der Waals surface area contributed by atoms with Crippen LogP contribution in [0.1, 0.15) is 38.2 Å². The number of methoxy groups -OCH3 is 1. The van der Waals surface area contributed by atoms with Crippen LogP contribution in [-0.2, 0) is 4.74 Å². The Labute approximate surface area is 194 Å². The highest BCUT2D eigenvalue weighted by Gasteiger charge is 2.26. The lowest BCUT2D eigenvalue weighted by molar-refractivity contribution is 0.103. The van der Waals surface area contributed by atoms with Crippen LogP contribution in [0, 0.1) is 0 Å². The molecule has 4 nitrogen and oxygen atoms in total. The Morgan fingerprint density at radius 3 is 2.53 bits per heavy atom. The molecule has 1 saturated heterocycles. The summed E-state index contributed by atoms with van der Waals surface area (Å²) >= 11 is 0. The lowest BCUT2D eigenvalue weighted by Gasteiger charge is -2.38. The van der Waals surface area contributed by atoms with E-state index in [9.17, 15) is 0 Å². The minimum absolute atomic E-state index is 0.674. The highest BCUT2D eigenvalue weighted by molar-refractivity contribution is 5.93. The highest BCUT2D eigenvalue weighted by atomic mass is 16.5. The van der Waals surface area contributed by atoms with Crippen molar-refractivity contribution in [1.29, 1.82) is 0 Å². The van der Waals surface area contributed by atoms with E-state index in [1.165, 1.54) is 73.8 Å². The van der Waals surface area contributed by atoms with Crippen LogP contribution in [-0.4, -0.2) is 73.7 Å². The number of rotatable bonds is 9. The highest BCUT2D eigenvalue weighted by Crippen LogP contribution is 2.27. The molecule has 0 bridgehead atoms. The minimum Gasteiger partial charge on any atom is -0.383 e. The molecule has 2 fully saturated rings. The van der Waals surface area contributed by atoms with Gasteiger partial charge in [0.05, 0.1) is 6.61 Å². The lowest BCUT2D eigenvalue weighted by Crippen LogP contribution is -2.49. The molecule has 32 heavy (non-hydrogen) atoms. The topological polar surface area (TPSA) is 19.0 Å². The van der Waals surface area contributed by atoms with Crippen molar-refractivity contribution in [3.8, 4) is 0 Å². The third-order valence-electron chi connectivity index (χ3n) is 7.08. The summed E-state index contributed by atoms with van der Waals surface area (Å²) in [5.41, 5.74) is 3.59. The molecular weight excluding hydrogens is 394 g/mol. The number of piperazine rings is 1. The largest absolute Gasteiger partial charge is 0.383 e. The first-order valence-corrected chi connectivity index (χ1v) is 12.2. The van der Waals surface area contributed by atoms with Gasteiger partial charge in [-0.2, -0.15) is 0 Å². The molecule has 172 valence electrons. The second-order valence-electron chi connectivity index (χ2n) is 9.39. The fourth-order valence-electron chi connectivity index (χ4n) is 5.31. The number of fused-ring (bicyclic) bond motifs is 1. The third kappa shape index (κ3) is 5.61. The number of hydrogen-bond acceptors (Lipinski definition) is 4. The summed E-state index contributed by atoms with van der Waals surface area (Å²) in [6.45, 7) is 14.0. The van der Waals surface area contributed by atoms with E-state index < -0.39 is 0 Å². The Hall–Kier alpha value is -2.14. The zero-order valence-electron chi connectivity index (χ0n) is 19.9. The van der Waals surface area contributed by atoms with Crippen LogP contribution in [0.25, 0.3) is 16.5 Å². The maximum atomic E-state index is 5.41. The molecule has 4 rings (SSSR count). The first-order valence-electron chi connectivity index (χ1n) is 12.2. The summed E-state index contributed by atoms with van der Waals surface area (Å²) in [6.07, 6.45) is 7.94. The van der Waals surface area contributed by atoms with Crippen molar-refractivity contribution in [3.63, 3.8) is 0 Å². The number of hydrogen-bond donors (Lipinski definition) is 0. The molecule has 0 unspecified atom stereocenters. The Balaban J connectivity index is 1.42. The summed E-state index contributed by atoms with van der Waals surface area (Å²) < 4.78 is 5.41. The minimum atomic E-state index is 0.674. The van der Waals surface area contributed by atoms with Crippen molar-refractivity contribution in [3.05, 3.63) is 66.4 Å². The molecule has 0 aromatic heterocycles. The van der Waals surface area contributed by atoms with E-state index in [1.54, 1.807) is 7.11 Å². The molecule has 0 N–H and O–H groups in total. The molecule has 4 heteroatoms. The van der Waals surface area contributed by atoms with E-state index >= 15 is 0 Å². The third-order valence-corrected chi connectivity index (χ3v) is 7.08. The van der Waals surface area contributed by atoms with E-state index in [2.05, 4.69) is 76.9 Å². The fraction of sp³-hybridized carbons (Fsp3) is 0.500. The van der Waals surface area contributed by atoms with Gasteiger partial charge in [0, 0.05) is 69.9 Å². The molecular formula is C28H39N3O. The Morgan fingerprint density at radius 1 is 1.06 bits per heavy atom. The van der Waals surface area contributed by atoms with E-state index in [1.807, 2.05) is 0 Å². The van der Waals surface area contributed by atoms with E-state index in [0.29, 0.717) is 6.61 Å². The predicted octanol–water partition coefficient (Wildman–Crippen LogP) is 5.22. The van der Waals surface area contributed by atoms with Crippen LogP contribution >= 0.6 is 0 Å². The molecule has 0 amide bonds.